The molecule has 0 spiro atoms. The molecule has 0 radical (unpaired) electrons. The van der Waals surface area contributed by atoms with Crippen LogP contribution in [-0.2, 0) is 0 Å². The van der Waals surface area contributed by atoms with Crippen LogP contribution < -0.4 is 4.74 Å². The van der Waals surface area contributed by atoms with Gasteiger partial charge in [-0.2, -0.15) is 0 Å². The normalized spacial score (nSPS) is 11.9. The van der Waals surface area contributed by atoms with Gasteiger partial charge in [-0.25, -0.2) is 0 Å². The fourth-order valence-electron chi connectivity index (χ4n) is 8.34. The molecule has 0 saturated carbocycles. The van der Waals surface area contributed by atoms with Crippen LogP contribution in [0.1, 0.15) is 0 Å². The third kappa shape index (κ3) is 4.33. The smallest absolute Gasteiger partial charge is 0.129 e. The molecule has 0 atom stereocenters. The largest absolute Gasteiger partial charge is 0.457 e. The molecule has 0 fully saturated rings. The summed E-state index contributed by atoms with van der Waals surface area (Å²) in [7, 11) is 0. The summed E-state index contributed by atoms with van der Waals surface area (Å²) in [5.41, 5.74) is 11.6. The van der Waals surface area contributed by atoms with Crippen molar-refractivity contribution in [3.05, 3.63) is 181 Å². The molecule has 11 rings (SSSR count). The standard InChI is InChI=1S/C48H29ClN2O/c49-33-25-31(32-27-41-39-14-4-9-19-46(39)51-47-20-10-5-15-40(47)42(28-32)48(41)51)26-35(29-33)52-34-23-21-30(22-24-34)36-11-1-6-16-43(36)50-44-17-7-2-12-37(44)38-13-3-8-18-45(38)50/h1-29H. The zero-order valence-corrected chi connectivity index (χ0v) is 28.7. The molecule has 11 aromatic rings. The molecule has 3 aromatic heterocycles. The van der Waals surface area contributed by atoms with Crippen molar-refractivity contribution in [2.45, 2.75) is 0 Å². The molecule has 244 valence electrons. The highest BCUT2D eigenvalue weighted by Gasteiger charge is 2.19. The molecule has 0 unspecified atom stereocenters. The van der Waals surface area contributed by atoms with Crippen molar-refractivity contribution in [1.82, 2.24) is 8.97 Å². The monoisotopic (exact) mass is 684 g/mol. The lowest BCUT2D eigenvalue weighted by Gasteiger charge is -2.15. The first-order valence-electron chi connectivity index (χ1n) is 17.5. The Bertz CT molecular complexity index is 3030. The Morgan fingerprint density at radius 3 is 1.50 bits per heavy atom. The van der Waals surface area contributed by atoms with Gasteiger partial charge in [0.15, 0.2) is 0 Å². The van der Waals surface area contributed by atoms with E-state index in [2.05, 4.69) is 161 Å². The fourth-order valence-corrected chi connectivity index (χ4v) is 8.56. The first-order valence-corrected chi connectivity index (χ1v) is 17.9. The number of halogens is 1. The Hall–Kier alpha value is -6.55. The Labute approximate surface area is 304 Å². The second kappa shape index (κ2) is 11.2. The molecule has 52 heavy (non-hydrogen) atoms. The van der Waals surface area contributed by atoms with Crippen LogP contribution in [0, 0.1) is 0 Å². The highest BCUT2D eigenvalue weighted by atomic mass is 35.5. The number of ether oxygens (including phenoxy) is 1. The van der Waals surface area contributed by atoms with E-state index in [0.717, 1.165) is 33.7 Å². The van der Waals surface area contributed by atoms with Crippen LogP contribution in [-0.4, -0.2) is 8.97 Å². The van der Waals surface area contributed by atoms with Gasteiger partial charge >= 0.3 is 0 Å². The molecule has 4 heteroatoms. The van der Waals surface area contributed by atoms with Gasteiger partial charge in [-0.1, -0.05) is 115 Å². The lowest BCUT2D eigenvalue weighted by Crippen LogP contribution is -1.97. The number of hydrogen-bond acceptors (Lipinski definition) is 1. The average molecular weight is 685 g/mol. The maximum absolute atomic E-state index is 6.79. The summed E-state index contributed by atoms with van der Waals surface area (Å²) in [6, 6.07) is 62.1. The van der Waals surface area contributed by atoms with E-state index in [1.54, 1.807) is 0 Å². The predicted octanol–water partition coefficient (Wildman–Crippen LogP) is 13.7. The molecule has 0 N–H and O–H groups in total. The number of aromatic nitrogens is 2. The Morgan fingerprint density at radius 1 is 0.385 bits per heavy atom. The maximum atomic E-state index is 6.79. The van der Waals surface area contributed by atoms with Crippen molar-refractivity contribution in [3.63, 3.8) is 0 Å². The number of benzene rings is 8. The van der Waals surface area contributed by atoms with Crippen LogP contribution in [0.25, 0.3) is 87.8 Å². The van der Waals surface area contributed by atoms with Gasteiger partial charge in [0.25, 0.3) is 0 Å². The summed E-state index contributed by atoms with van der Waals surface area (Å²) in [4.78, 5) is 0. The minimum atomic E-state index is 0.628. The van der Waals surface area contributed by atoms with Crippen LogP contribution >= 0.6 is 11.6 Å². The van der Waals surface area contributed by atoms with E-state index in [1.165, 1.54) is 59.9 Å². The third-order valence-electron chi connectivity index (χ3n) is 10.5. The predicted molar refractivity (Wildman–Crippen MR) is 218 cm³/mol. The van der Waals surface area contributed by atoms with Crippen molar-refractivity contribution in [2.75, 3.05) is 0 Å². The van der Waals surface area contributed by atoms with Crippen LogP contribution in [0.5, 0.6) is 11.5 Å². The van der Waals surface area contributed by atoms with Gasteiger partial charge in [-0.15, -0.1) is 0 Å². The summed E-state index contributed by atoms with van der Waals surface area (Å²) in [6.07, 6.45) is 0. The number of hydrogen-bond donors (Lipinski definition) is 0. The summed E-state index contributed by atoms with van der Waals surface area (Å²) < 4.78 is 11.3. The van der Waals surface area contributed by atoms with Gasteiger partial charge in [0.1, 0.15) is 11.5 Å². The zero-order valence-electron chi connectivity index (χ0n) is 27.9. The lowest BCUT2D eigenvalue weighted by atomic mass is 9.99. The minimum absolute atomic E-state index is 0.628. The molecule has 3 nitrogen and oxygen atoms in total. The molecule has 3 heterocycles. The first kappa shape index (κ1) is 29.2. The van der Waals surface area contributed by atoms with Crippen molar-refractivity contribution in [1.29, 1.82) is 0 Å². The van der Waals surface area contributed by atoms with Crippen LogP contribution in [0.3, 0.4) is 0 Å². The van der Waals surface area contributed by atoms with E-state index in [9.17, 15) is 0 Å². The van der Waals surface area contributed by atoms with Crippen LogP contribution in [0.4, 0.5) is 0 Å². The summed E-state index contributed by atoms with van der Waals surface area (Å²) in [5, 5.41) is 8.08. The summed E-state index contributed by atoms with van der Waals surface area (Å²) in [6.45, 7) is 0. The second-order valence-electron chi connectivity index (χ2n) is 13.5. The molecule has 0 aliphatic carbocycles. The Kier molecular flexibility index (Phi) is 6.31. The van der Waals surface area contributed by atoms with Gasteiger partial charge in [0.2, 0.25) is 0 Å². The molecule has 0 aliphatic heterocycles. The van der Waals surface area contributed by atoms with Crippen molar-refractivity contribution in [3.8, 4) is 39.4 Å². The quantitative estimate of drug-likeness (QED) is 0.176. The second-order valence-corrected chi connectivity index (χ2v) is 13.9. The van der Waals surface area contributed by atoms with E-state index in [1.807, 2.05) is 24.3 Å². The van der Waals surface area contributed by atoms with Crippen molar-refractivity contribution >= 4 is 71.5 Å². The van der Waals surface area contributed by atoms with Crippen molar-refractivity contribution < 1.29 is 4.74 Å². The summed E-state index contributed by atoms with van der Waals surface area (Å²) >= 11 is 6.79. The fraction of sp³-hybridized carbons (Fsp3) is 0. The van der Waals surface area contributed by atoms with Crippen LogP contribution in [0.15, 0.2) is 176 Å². The number of rotatable bonds is 5. The molecule has 0 bridgehead atoms. The van der Waals surface area contributed by atoms with E-state index < -0.39 is 0 Å². The maximum Gasteiger partial charge on any atom is 0.129 e. The van der Waals surface area contributed by atoms with E-state index >= 15 is 0 Å². The van der Waals surface area contributed by atoms with Gasteiger partial charge < -0.3 is 13.7 Å². The van der Waals surface area contributed by atoms with E-state index in [-0.39, 0.29) is 0 Å². The molecule has 8 aromatic carbocycles. The number of fused-ring (bicyclic) bond motifs is 9. The molecule has 0 aliphatic rings. The molecular weight excluding hydrogens is 656 g/mol. The van der Waals surface area contributed by atoms with Gasteiger partial charge in [-0.3, -0.25) is 0 Å². The van der Waals surface area contributed by atoms with E-state index in [0.29, 0.717) is 10.8 Å². The Balaban J connectivity index is 0.972. The first-order chi connectivity index (χ1) is 25.7. The molecule has 0 amide bonds. The summed E-state index contributed by atoms with van der Waals surface area (Å²) in [5.74, 6) is 1.44. The Morgan fingerprint density at radius 2 is 0.885 bits per heavy atom. The van der Waals surface area contributed by atoms with Gasteiger partial charge in [0, 0.05) is 42.9 Å². The topological polar surface area (TPSA) is 18.6 Å². The SMILES string of the molecule is Clc1cc(Oc2ccc(-c3ccccc3-n3c4ccccc4c4ccccc43)cc2)cc(-c2cc3c4ccccc4n4c5ccccc5c(c2)c34)c1. The van der Waals surface area contributed by atoms with E-state index in [4.69, 9.17) is 16.3 Å². The van der Waals surface area contributed by atoms with Crippen LogP contribution in [0.2, 0.25) is 5.02 Å². The third-order valence-corrected chi connectivity index (χ3v) is 10.8. The zero-order chi connectivity index (χ0) is 34.3. The minimum Gasteiger partial charge on any atom is -0.457 e. The highest BCUT2D eigenvalue weighted by molar-refractivity contribution is 6.31. The molecular formula is C48H29ClN2O. The molecule has 0 saturated heterocycles. The lowest BCUT2D eigenvalue weighted by molar-refractivity contribution is 0.483. The highest BCUT2D eigenvalue weighted by Crippen LogP contribution is 2.43. The average Bonchev–Trinajstić information content (AvgIpc) is 3.83. The number of nitrogens with zero attached hydrogens (tertiary/aromatic N) is 2. The van der Waals surface area contributed by atoms with Crippen molar-refractivity contribution in [2.24, 2.45) is 0 Å². The van der Waals surface area contributed by atoms with Gasteiger partial charge in [0.05, 0.1) is 33.3 Å². The van der Waals surface area contributed by atoms with Gasteiger partial charge in [-0.05, 0) is 89.5 Å². The number of para-hydroxylation sites is 5.